The molecule has 0 aromatic carbocycles. The highest BCUT2D eigenvalue weighted by molar-refractivity contribution is 5.83. The van der Waals surface area contributed by atoms with Crippen LogP contribution >= 0.6 is 0 Å². The van der Waals surface area contributed by atoms with Gasteiger partial charge in [-0.15, -0.1) is 0 Å². The lowest BCUT2D eigenvalue weighted by Gasteiger charge is -2.55. The lowest BCUT2D eigenvalue weighted by Crippen LogP contribution is -2.54. The number of carbonyl (C=O) groups excluding carboxylic acids is 1. The number of aliphatic hydroxyl groups excluding tert-OH is 2. The van der Waals surface area contributed by atoms with Crippen molar-refractivity contribution in [1.29, 1.82) is 0 Å². The normalized spacial score (nSPS) is 42.9. The predicted octanol–water partition coefficient (Wildman–Crippen LogP) is 0.672. The quantitative estimate of drug-likeness (QED) is 0.690. The van der Waals surface area contributed by atoms with Gasteiger partial charge in [0.2, 0.25) is 5.91 Å². The lowest BCUT2D eigenvalue weighted by molar-refractivity contribution is -0.146. The highest BCUT2D eigenvalue weighted by Crippen LogP contribution is 2.60. The molecule has 0 aromatic heterocycles. The van der Waals surface area contributed by atoms with Gasteiger partial charge in [0.15, 0.2) is 0 Å². The van der Waals surface area contributed by atoms with Crippen LogP contribution in [0.3, 0.4) is 0 Å². The van der Waals surface area contributed by atoms with E-state index in [1.165, 1.54) is 19.3 Å². The van der Waals surface area contributed by atoms with E-state index in [2.05, 4.69) is 5.32 Å². The smallest absolute Gasteiger partial charge is 0.226 e. The second-order valence-electron chi connectivity index (χ2n) is 6.74. The van der Waals surface area contributed by atoms with E-state index in [-0.39, 0.29) is 24.5 Å². The van der Waals surface area contributed by atoms with Gasteiger partial charge >= 0.3 is 0 Å². The molecule has 3 N–H and O–H groups in total. The van der Waals surface area contributed by atoms with Gasteiger partial charge < -0.3 is 15.5 Å². The summed E-state index contributed by atoms with van der Waals surface area (Å²) in [7, 11) is 0. The van der Waals surface area contributed by atoms with Gasteiger partial charge in [-0.3, -0.25) is 4.79 Å². The Balaban J connectivity index is 1.66. The maximum absolute atomic E-state index is 12.4. The van der Waals surface area contributed by atoms with E-state index in [4.69, 9.17) is 5.11 Å². The Morgan fingerprint density at radius 1 is 1.17 bits per heavy atom. The van der Waals surface area contributed by atoms with Crippen LogP contribution in [-0.2, 0) is 4.79 Å². The molecule has 4 fully saturated rings. The minimum Gasteiger partial charge on any atom is -0.394 e. The monoisotopic (exact) mass is 253 g/mol. The summed E-state index contributed by atoms with van der Waals surface area (Å²) in [5.74, 6) is 2.38. The van der Waals surface area contributed by atoms with Crippen molar-refractivity contribution in [2.45, 2.75) is 44.6 Å². The van der Waals surface area contributed by atoms with Crippen molar-refractivity contribution in [3.05, 3.63) is 0 Å². The van der Waals surface area contributed by atoms with Gasteiger partial charge in [-0.1, -0.05) is 0 Å². The number of carbonyl (C=O) groups is 1. The Bertz CT molecular complexity index is 307. The van der Waals surface area contributed by atoms with Crippen LogP contribution in [0.5, 0.6) is 0 Å². The third kappa shape index (κ3) is 2.05. The minimum atomic E-state index is -0.831. The number of hydrogen-bond donors (Lipinski definition) is 3. The molecule has 4 aliphatic carbocycles. The van der Waals surface area contributed by atoms with E-state index in [9.17, 15) is 9.90 Å². The van der Waals surface area contributed by atoms with E-state index in [0.717, 1.165) is 37.0 Å². The summed E-state index contributed by atoms with van der Waals surface area (Å²) in [5, 5.41) is 20.9. The SMILES string of the molecule is O=C(NC[C@H](O)CO)C12CC3CC(CC(C3)C1)C2. The number of hydrogen-bond acceptors (Lipinski definition) is 3. The predicted molar refractivity (Wildman–Crippen MR) is 66.7 cm³/mol. The van der Waals surface area contributed by atoms with E-state index in [0.29, 0.717) is 0 Å². The Morgan fingerprint density at radius 2 is 1.67 bits per heavy atom. The zero-order chi connectivity index (χ0) is 12.8. The van der Waals surface area contributed by atoms with Gasteiger partial charge in [0.25, 0.3) is 0 Å². The van der Waals surface area contributed by atoms with E-state index in [1.807, 2.05) is 0 Å². The molecule has 102 valence electrons. The van der Waals surface area contributed by atoms with Gasteiger partial charge in [0.05, 0.1) is 12.7 Å². The van der Waals surface area contributed by atoms with Crippen molar-refractivity contribution < 1.29 is 15.0 Å². The van der Waals surface area contributed by atoms with Gasteiger partial charge in [-0.05, 0) is 56.3 Å². The molecule has 0 unspecified atom stereocenters. The van der Waals surface area contributed by atoms with Gasteiger partial charge in [-0.25, -0.2) is 0 Å². The number of nitrogens with one attached hydrogen (secondary N) is 1. The Kier molecular flexibility index (Phi) is 3.10. The van der Waals surface area contributed by atoms with Crippen molar-refractivity contribution in [1.82, 2.24) is 5.32 Å². The summed E-state index contributed by atoms with van der Waals surface area (Å²) in [6, 6.07) is 0. The average Bonchev–Trinajstić information content (AvgIpc) is 2.33. The minimum absolute atomic E-state index is 0.120. The molecule has 0 aliphatic heterocycles. The molecule has 1 atom stereocenters. The highest BCUT2D eigenvalue weighted by atomic mass is 16.3. The van der Waals surface area contributed by atoms with Crippen LogP contribution < -0.4 is 5.32 Å². The van der Waals surface area contributed by atoms with Crippen LogP contribution in [0.4, 0.5) is 0 Å². The van der Waals surface area contributed by atoms with Crippen molar-refractivity contribution in [3.63, 3.8) is 0 Å². The van der Waals surface area contributed by atoms with Gasteiger partial charge in [-0.2, -0.15) is 0 Å². The molecule has 4 rings (SSSR count). The molecule has 4 bridgehead atoms. The third-order valence-electron chi connectivity index (χ3n) is 5.23. The fourth-order valence-electron chi connectivity index (χ4n) is 4.85. The molecule has 0 heterocycles. The van der Waals surface area contributed by atoms with E-state index >= 15 is 0 Å². The van der Waals surface area contributed by atoms with Gasteiger partial charge in [0.1, 0.15) is 0 Å². The number of rotatable bonds is 4. The Morgan fingerprint density at radius 3 is 2.11 bits per heavy atom. The zero-order valence-corrected chi connectivity index (χ0v) is 10.8. The van der Waals surface area contributed by atoms with Crippen molar-refractivity contribution >= 4 is 5.91 Å². The third-order valence-corrected chi connectivity index (χ3v) is 5.23. The molecule has 4 nitrogen and oxygen atoms in total. The second-order valence-corrected chi connectivity index (χ2v) is 6.74. The molecular formula is C14H23NO3. The maximum atomic E-state index is 12.4. The number of aliphatic hydroxyl groups is 2. The molecule has 0 saturated heterocycles. The largest absolute Gasteiger partial charge is 0.394 e. The molecule has 18 heavy (non-hydrogen) atoms. The summed E-state index contributed by atoms with van der Waals surface area (Å²) in [6.07, 6.45) is 6.27. The van der Waals surface area contributed by atoms with E-state index < -0.39 is 6.10 Å². The fourth-order valence-corrected chi connectivity index (χ4v) is 4.85. The van der Waals surface area contributed by atoms with Gasteiger partial charge in [0, 0.05) is 12.0 Å². The summed E-state index contributed by atoms with van der Waals surface area (Å²) < 4.78 is 0. The first-order valence-corrected chi connectivity index (χ1v) is 7.18. The van der Waals surface area contributed by atoms with Crippen LogP contribution in [0.1, 0.15) is 38.5 Å². The van der Waals surface area contributed by atoms with E-state index in [1.54, 1.807) is 0 Å². The van der Waals surface area contributed by atoms with Crippen LogP contribution in [-0.4, -0.2) is 35.4 Å². The first-order chi connectivity index (χ1) is 8.61. The van der Waals surface area contributed by atoms with Crippen molar-refractivity contribution in [3.8, 4) is 0 Å². The average molecular weight is 253 g/mol. The molecule has 4 saturated carbocycles. The number of amides is 1. The molecule has 0 spiro atoms. The topological polar surface area (TPSA) is 69.6 Å². The van der Waals surface area contributed by atoms with Crippen LogP contribution in [0.2, 0.25) is 0 Å². The summed E-state index contributed by atoms with van der Waals surface area (Å²) in [4.78, 5) is 12.4. The molecule has 4 aliphatic rings. The maximum Gasteiger partial charge on any atom is 0.226 e. The Hall–Kier alpha value is -0.610. The lowest BCUT2D eigenvalue weighted by atomic mass is 9.49. The van der Waals surface area contributed by atoms with Crippen molar-refractivity contribution in [2.24, 2.45) is 23.2 Å². The summed E-state index contributed by atoms with van der Waals surface area (Å²) in [6.45, 7) is -0.113. The standard InChI is InChI=1S/C14H23NO3/c16-8-12(17)7-15-13(18)14-4-9-1-10(5-14)3-11(2-9)6-14/h9-12,16-17H,1-8H2,(H,15,18)/t9?,10?,11?,12-,14?/m0/s1. The summed E-state index contributed by atoms with van der Waals surface area (Å²) >= 11 is 0. The van der Waals surface area contributed by atoms with Crippen LogP contribution in [0.15, 0.2) is 0 Å². The zero-order valence-electron chi connectivity index (χ0n) is 10.8. The molecule has 0 aromatic rings. The first kappa shape index (κ1) is 12.4. The fraction of sp³-hybridized carbons (Fsp3) is 0.929. The highest BCUT2D eigenvalue weighted by Gasteiger charge is 2.54. The second kappa shape index (κ2) is 4.49. The summed E-state index contributed by atoms with van der Waals surface area (Å²) in [5.41, 5.74) is -0.149. The Labute approximate surface area is 108 Å². The van der Waals surface area contributed by atoms with Crippen molar-refractivity contribution in [2.75, 3.05) is 13.2 Å². The van der Waals surface area contributed by atoms with Crippen LogP contribution in [0, 0.1) is 23.2 Å². The molecule has 1 amide bonds. The first-order valence-electron chi connectivity index (χ1n) is 7.18. The van der Waals surface area contributed by atoms with Crippen LogP contribution in [0.25, 0.3) is 0 Å². The molecule has 0 radical (unpaired) electrons. The molecular weight excluding hydrogens is 230 g/mol. The molecule has 4 heteroatoms.